The molecule has 0 heterocycles. The molecule has 0 aliphatic heterocycles. The molecule has 0 aromatic heterocycles. The van der Waals surface area contributed by atoms with Gasteiger partial charge in [-0.05, 0) is 83.1 Å². The van der Waals surface area contributed by atoms with Gasteiger partial charge in [0.25, 0.3) is 0 Å². The fourth-order valence-electron chi connectivity index (χ4n) is 5.77. The van der Waals surface area contributed by atoms with E-state index in [2.05, 4.69) is 11.9 Å². The summed E-state index contributed by atoms with van der Waals surface area (Å²) >= 11 is 0. The maximum absolute atomic E-state index is 2.92. The number of nitrogens with zero attached hydrogens (tertiary/aromatic N) is 1. The number of fused-ring (bicyclic) bond motifs is 4. The van der Waals surface area contributed by atoms with Gasteiger partial charge < -0.3 is 0 Å². The van der Waals surface area contributed by atoms with Crippen molar-refractivity contribution in [3.05, 3.63) is 0 Å². The fourth-order valence-corrected chi connectivity index (χ4v) is 5.77. The van der Waals surface area contributed by atoms with Crippen LogP contribution in [0.2, 0.25) is 0 Å². The van der Waals surface area contributed by atoms with Crippen LogP contribution >= 0.6 is 0 Å². The molecule has 0 radical (unpaired) electrons. The molecule has 1 heteroatoms. The molecule has 0 aromatic carbocycles. The highest BCUT2D eigenvalue weighted by atomic mass is 15.3. The van der Waals surface area contributed by atoms with Crippen molar-refractivity contribution in [1.29, 1.82) is 0 Å². The van der Waals surface area contributed by atoms with Crippen LogP contribution in [0.15, 0.2) is 0 Å². The Hall–Kier alpha value is -0.0400. The first-order chi connectivity index (χ1) is 7.73. The van der Waals surface area contributed by atoms with Gasteiger partial charge >= 0.3 is 0 Å². The summed E-state index contributed by atoms with van der Waals surface area (Å²) in [7, 11) is 2.49. The van der Waals surface area contributed by atoms with Crippen molar-refractivity contribution < 1.29 is 0 Å². The molecule has 0 unspecified atom stereocenters. The molecule has 1 nitrogen and oxygen atoms in total. The average molecular weight is 219 g/mol. The predicted octanol–water partition coefficient (Wildman–Crippen LogP) is 3.58. The van der Waals surface area contributed by atoms with E-state index in [0.29, 0.717) is 11.1 Å². The van der Waals surface area contributed by atoms with Crippen LogP contribution in [0.4, 0.5) is 0 Å². The Kier molecular flexibility index (Phi) is 1.89. The van der Waals surface area contributed by atoms with E-state index in [4.69, 9.17) is 0 Å². The Morgan fingerprint density at radius 3 is 1.38 bits per heavy atom. The van der Waals surface area contributed by atoms with E-state index in [1.165, 1.54) is 64.2 Å². The first kappa shape index (κ1) is 9.94. The number of hydrogen-bond donors (Lipinski definition) is 0. The molecule has 0 N–H and O–H groups in total. The van der Waals surface area contributed by atoms with Crippen LogP contribution in [-0.4, -0.2) is 23.0 Å². The summed E-state index contributed by atoms with van der Waals surface area (Å²) in [6, 6.07) is 0. The lowest BCUT2D eigenvalue weighted by Gasteiger charge is -2.48. The van der Waals surface area contributed by atoms with Crippen LogP contribution in [0.5, 0.6) is 0 Å². The molecule has 0 saturated heterocycles. The van der Waals surface area contributed by atoms with Crippen LogP contribution in [0.25, 0.3) is 0 Å². The van der Waals surface area contributed by atoms with Crippen molar-refractivity contribution >= 4 is 0 Å². The van der Waals surface area contributed by atoms with Gasteiger partial charge in [0, 0.05) is 11.1 Å². The lowest BCUT2D eigenvalue weighted by molar-refractivity contribution is 0.0107. The molecule has 4 fully saturated rings. The zero-order chi connectivity index (χ0) is 10.8. The number of hydrogen-bond acceptors (Lipinski definition) is 1. The quantitative estimate of drug-likeness (QED) is 0.686. The average Bonchev–Trinajstić information content (AvgIpc) is 3.08. The molecule has 0 amide bonds. The van der Waals surface area contributed by atoms with Crippen molar-refractivity contribution in [2.45, 2.75) is 75.3 Å². The molecule has 0 spiro atoms. The topological polar surface area (TPSA) is 3.24 Å². The lowest BCUT2D eigenvalue weighted by atomic mass is 9.84. The van der Waals surface area contributed by atoms with Gasteiger partial charge in [0.1, 0.15) is 0 Å². The highest BCUT2D eigenvalue weighted by Gasteiger charge is 2.56. The minimum Gasteiger partial charge on any atom is -0.295 e. The Morgan fingerprint density at radius 2 is 1.12 bits per heavy atom. The smallest absolute Gasteiger partial charge is 0.0214 e. The minimum absolute atomic E-state index is 0.657. The van der Waals surface area contributed by atoms with E-state index >= 15 is 0 Å². The maximum Gasteiger partial charge on any atom is 0.0214 e. The summed E-state index contributed by atoms with van der Waals surface area (Å²) < 4.78 is 0. The van der Waals surface area contributed by atoms with E-state index in [1.54, 1.807) is 0 Å². The van der Waals surface area contributed by atoms with Crippen molar-refractivity contribution in [1.82, 2.24) is 4.90 Å². The van der Waals surface area contributed by atoms with Crippen molar-refractivity contribution in [2.75, 3.05) is 7.05 Å². The van der Waals surface area contributed by atoms with E-state index in [1.807, 2.05) is 0 Å². The Labute approximate surface area is 99.6 Å². The molecule has 4 bridgehead atoms. The Morgan fingerprint density at radius 1 is 0.750 bits per heavy atom. The Balaban J connectivity index is 1.63. The van der Waals surface area contributed by atoms with E-state index in [-0.39, 0.29) is 0 Å². The van der Waals surface area contributed by atoms with Gasteiger partial charge in [-0.25, -0.2) is 0 Å². The van der Waals surface area contributed by atoms with Crippen LogP contribution < -0.4 is 0 Å². The van der Waals surface area contributed by atoms with E-state index in [9.17, 15) is 0 Å². The van der Waals surface area contributed by atoms with Gasteiger partial charge in [-0.3, -0.25) is 4.90 Å². The largest absolute Gasteiger partial charge is 0.295 e. The molecule has 0 atom stereocenters. The molecular weight excluding hydrogens is 194 g/mol. The number of rotatable bonds is 2. The minimum atomic E-state index is 0.657. The second-order valence-electron chi connectivity index (χ2n) is 7.30. The normalized spacial score (nSPS) is 54.4. The monoisotopic (exact) mass is 219 g/mol. The lowest BCUT2D eigenvalue weighted by Crippen LogP contribution is -2.55. The van der Waals surface area contributed by atoms with Gasteiger partial charge in [-0.2, -0.15) is 0 Å². The standard InChI is InChI=1S/C15H25N/c1-16(14-6-2-12(10-14)3-7-14)15-8-4-13(11-15)5-9-15/h12-13H,2-11H2,1H3. The zero-order valence-corrected chi connectivity index (χ0v) is 10.7. The molecule has 4 rings (SSSR count). The first-order valence-corrected chi connectivity index (χ1v) is 7.47. The summed E-state index contributed by atoms with van der Waals surface area (Å²) in [5.41, 5.74) is 1.31. The summed E-state index contributed by atoms with van der Waals surface area (Å²) in [6.07, 6.45) is 15.3. The van der Waals surface area contributed by atoms with Crippen molar-refractivity contribution in [2.24, 2.45) is 11.8 Å². The SMILES string of the molecule is CN(C12CCC(CC1)C2)C12CCC(CC1)C2. The van der Waals surface area contributed by atoms with Crippen molar-refractivity contribution in [3.63, 3.8) is 0 Å². The third-order valence-corrected chi connectivity index (χ3v) is 6.83. The van der Waals surface area contributed by atoms with Crippen LogP contribution in [-0.2, 0) is 0 Å². The van der Waals surface area contributed by atoms with Crippen LogP contribution in [0, 0.1) is 11.8 Å². The van der Waals surface area contributed by atoms with Crippen molar-refractivity contribution in [3.8, 4) is 0 Å². The fraction of sp³-hybridized carbons (Fsp3) is 1.00. The van der Waals surface area contributed by atoms with Gasteiger partial charge in [-0.1, -0.05) is 0 Å². The Bertz CT molecular complexity index is 263. The summed E-state index contributed by atoms with van der Waals surface area (Å²) in [5, 5.41) is 0. The van der Waals surface area contributed by atoms with Gasteiger partial charge in [0.15, 0.2) is 0 Å². The van der Waals surface area contributed by atoms with Gasteiger partial charge in [0.2, 0.25) is 0 Å². The summed E-state index contributed by atoms with van der Waals surface area (Å²) in [6.45, 7) is 0. The summed E-state index contributed by atoms with van der Waals surface area (Å²) in [5.74, 6) is 2.19. The molecule has 4 aliphatic rings. The molecule has 90 valence electrons. The van der Waals surface area contributed by atoms with Crippen LogP contribution in [0.1, 0.15) is 64.2 Å². The van der Waals surface area contributed by atoms with E-state index < -0.39 is 0 Å². The molecule has 16 heavy (non-hydrogen) atoms. The van der Waals surface area contributed by atoms with E-state index in [0.717, 1.165) is 11.8 Å². The third-order valence-electron chi connectivity index (χ3n) is 6.83. The second kappa shape index (κ2) is 3.04. The highest BCUT2D eigenvalue weighted by molar-refractivity contribution is 5.12. The third kappa shape index (κ3) is 1.11. The molecule has 4 saturated carbocycles. The van der Waals surface area contributed by atoms with Gasteiger partial charge in [-0.15, -0.1) is 0 Å². The molecular formula is C15H25N. The molecule has 0 aromatic rings. The molecule has 4 aliphatic carbocycles. The first-order valence-electron chi connectivity index (χ1n) is 7.47. The second-order valence-corrected chi connectivity index (χ2v) is 7.30. The van der Waals surface area contributed by atoms with Gasteiger partial charge in [0.05, 0.1) is 0 Å². The predicted molar refractivity (Wildman–Crippen MR) is 66.4 cm³/mol. The van der Waals surface area contributed by atoms with Crippen LogP contribution in [0.3, 0.4) is 0 Å². The highest BCUT2D eigenvalue weighted by Crippen LogP contribution is 2.58. The zero-order valence-electron chi connectivity index (χ0n) is 10.7. The maximum atomic E-state index is 2.92. The summed E-state index contributed by atoms with van der Waals surface area (Å²) in [4.78, 5) is 2.92.